The Hall–Kier alpha value is -6.69. The number of carbonyl (C=O) groups is 7. The van der Waals surface area contributed by atoms with Crippen LogP contribution in [0.3, 0.4) is 0 Å². The lowest BCUT2D eigenvalue weighted by atomic mass is 9.98. The first-order valence-corrected chi connectivity index (χ1v) is 25.2. The Morgan fingerprint density at radius 2 is 1.11 bits per heavy atom. The van der Waals surface area contributed by atoms with Crippen LogP contribution in [0.15, 0.2) is 72.8 Å². The van der Waals surface area contributed by atoms with Crippen LogP contribution in [-0.2, 0) is 68.5 Å². The van der Waals surface area contributed by atoms with Gasteiger partial charge in [0.05, 0.1) is 92.4 Å². The summed E-state index contributed by atoms with van der Waals surface area (Å²) < 4.78 is 43.8. The van der Waals surface area contributed by atoms with Gasteiger partial charge in [0.1, 0.15) is 19.3 Å². The minimum Gasteiger partial charge on any atom is -0.449 e. The molecule has 75 heavy (non-hydrogen) atoms. The number of carbonyl (C=O) groups excluding carboxylic acids is 7. The lowest BCUT2D eigenvalue weighted by Gasteiger charge is -2.21. The van der Waals surface area contributed by atoms with Crippen molar-refractivity contribution in [2.45, 2.75) is 51.7 Å². The zero-order valence-corrected chi connectivity index (χ0v) is 43.6. The molecule has 7 amide bonds. The second kappa shape index (κ2) is 35.5. The Balaban J connectivity index is 0.881. The van der Waals surface area contributed by atoms with Gasteiger partial charge in [0.15, 0.2) is 0 Å². The van der Waals surface area contributed by atoms with E-state index in [-0.39, 0.29) is 88.6 Å². The number of benzene rings is 3. The molecule has 0 aromatic heterocycles. The van der Waals surface area contributed by atoms with E-state index in [1.807, 2.05) is 36.4 Å². The molecule has 412 valence electrons. The molecule has 1 atom stereocenters. The highest BCUT2D eigenvalue weighted by atomic mass is 16.6. The van der Waals surface area contributed by atoms with E-state index in [0.29, 0.717) is 90.1 Å². The molecule has 22 nitrogen and oxygen atoms in total. The van der Waals surface area contributed by atoms with E-state index in [4.69, 9.17) is 37.9 Å². The predicted molar refractivity (Wildman–Crippen MR) is 277 cm³/mol. The van der Waals surface area contributed by atoms with Crippen LogP contribution >= 0.6 is 0 Å². The number of ether oxygens (including phenoxy) is 8. The Labute approximate surface area is 438 Å². The molecule has 3 aromatic carbocycles. The summed E-state index contributed by atoms with van der Waals surface area (Å²) in [4.78, 5) is 87.5. The summed E-state index contributed by atoms with van der Waals surface area (Å²) >= 11 is 0. The summed E-state index contributed by atoms with van der Waals surface area (Å²) in [5, 5.41) is 15.7. The quantitative estimate of drug-likeness (QED) is 0.0453. The van der Waals surface area contributed by atoms with Gasteiger partial charge in [0.2, 0.25) is 29.5 Å². The lowest BCUT2D eigenvalue weighted by molar-refractivity contribution is -0.131. The van der Waals surface area contributed by atoms with Crippen LogP contribution < -0.4 is 31.9 Å². The maximum atomic E-state index is 12.9. The summed E-state index contributed by atoms with van der Waals surface area (Å²) in [7, 11) is 3.15. The summed E-state index contributed by atoms with van der Waals surface area (Å²) in [6.45, 7) is 7.84. The van der Waals surface area contributed by atoms with Crippen molar-refractivity contribution in [3.63, 3.8) is 0 Å². The van der Waals surface area contributed by atoms with Crippen molar-refractivity contribution < 1.29 is 71.5 Å². The molecule has 0 radical (unpaired) electrons. The van der Waals surface area contributed by atoms with Crippen molar-refractivity contribution in [1.29, 1.82) is 0 Å². The maximum Gasteiger partial charge on any atom is 0.409 e. The molecular formula is C53H75N7O15. The molecule has 1 aliphatic carbocycles. The Kier molecular flexibility index (Phi) is 28.8. The van der Waals surface area contributed by atoms with Crippen molar-refractivity contribution in [3.05, 3.63) is 89.5 Å². The molecule has 6 N–H and O–H groups in total. The van der Waals surface area contributed by atoms with Crippen molar-refractivity contribution in [1.82, 2.24) is 31.5 Å². The van der Waals surface area contributed by atoms with Crippen molar-refractivity contribution in [2.24, 2.45) is 5.92 Å². The fraction of sp³-hybridized carbons (Fsp3) is 0.528. The zero-order valence-electron chi connectivity index (χ0n) is 43.6. The molecule has 3 aromatic rings. The minimum atomic E-state index is -0.861. The molecule has 0 bridgehead atoms. The van der Waals surface area contributed by atoms with Gasteiger partial charge < -0.3 is 74.7 Å². The van der Waals surface area contributed by atoms with Crippen molar-refractivity contribution >= 4 is 47.4 Å². The zero-order chi connectivity index (χ0) is 54.0. The van der Waals surface area contributed by atoms with E-state index in [1.165, 1.54) is 4.90 Å². The highest BCUT2D eigenvalue weighted by molar-refractivity contribution is 5.96. The van der Waals surface area contributed by atoms with E-state index in [9.17, 15) is 33.6 Å². The molecule has 0 heterocycles. The number of alkyl carbamates (subject to hydrolysis) is 1. The number of nitrogens with one attached hydrogen (secondary N) is 6. The normalized spacial score (nSPS) is 12.0. The molecule has 4 rings (SSSR count). The predicted octanol–water partition coefficient (Wildman–Crippen LogP) is 3.12. The lowest BCUT2D eigenvalue weighted by Crippen LogP contribution is -2.51. The first kappa shape index (κ1) is 60.9. The average molecular weight is 1050 g/mol. The first-order valence-electron chi connectivity index (χ1n) is 25.2. The van der Waals surface area contributed by atoms with Gasteiger partial charge in [-0.1, -0.05) is 74.5 Å². The van der Waals surface area contributed by atoms with E-state index in [1.54, 1.807) is 52.2 Å². The smallest absolute Gasteiger partial charge is 0.409 e. The second-order valence-corrected chi connectivity index (χ2v) is 17.5. The van der Waals surface area contributed by atoms with Gasteiger partial charge >= 0.3 is 12.2 Å². The van der Waals surface area contributed by atoms with Crippen LogP contribution in [0, 0.1) is 5.92 Å². The second-order valence-electron chi connectivity index (χ2n) is 17.5. The van der Waals surface area contributed by atoms with Crippen LogP contribution in [-0.4, -0.2) is 179 Å². The fourth-order valence-corrected chi connectivity index (χ4v) is 7.39. The Morgan fingerprint density at radius 1 is 0.573 bits per heavy atom. The van der Waals surface area contributed by atoms with E-state index in [0.717, 1.165) is 22.3 Å². The third-order valence-corrected chi connectivity index (χ3v) is 11.4. The Morgan fingerprint density at radius 3 is 1.67 bits per heavy atom. The number of nitrogens with zero attached hydrogens (tertiary/aromatic N) is 1. The third-order valence-electron chi connectivity index (χ3n) is 11.4. The first-order chi connectivity index (χ1) is 36.4. The number of amides is 7. The summed E-state index contributed by atoms with van der Waals surface area (Å²) in [5.74, 6) is -2.11. The highest BCUT2D eigenvalue weighted by Crippen LogP contribution is 2.44. The number of hydrogen-bond donors (Lipinski definition) is 6. The summed E-state index contributed by atoms with van der Waals surface area (Å²) in [6.07, 6.45) is -0.333. The average Bonchev–Trinajstić information content (AvgIpc) is 3.73. The van der Waals surface area contributed by atoms with Gasteiger partial charge in [-0.2, -0.15) is 0 Å². The van der Waals surface area contributed by atoms with E-state index in [2.05, 4.69) is 44.0 Å². The molecule has 0 saturated carbocycles. The van der Waals surface area contributed by atoms with Gasteiger partial charge in [-0.25, -0.2) is 9.59 Å². The van der Waals surface area contributed by atoms with E-state index >= 15 is 0 Å². The highest BCUT2D eigenvalue weighted by Gasteiger charge is 2.29. The van der Waals surface area contributed by atoms with Crippen molar-refractivity contribution in [2.75, 3.05) is 131 Å². The minimum absolute atomic E-state index is 0.0221. The van der Waals surface area contributed by atoms with Crippen LogP contribution in [0.1, 0.15) is 55.7 Å². The molecule has 0 aliphatic heterocycles. The molecule has 0 spiro atoms. The largest absolute Gasteiger partial charge is 0.449 e. The van der Waals surface area contributed by atoms with Crippen LogP contribution in [0.25, 0.3) is 11.1 Å². The summed E-state index contributed by atoms with van der Waals surface area (Å²) in [6, 6.07) is 22.0. The standard InChI is InChI=1S/C53H75N7O15/c1-38(2)50(51(65)56-35-49(64)58-40-17-15-39(16-18-40)36-75-53(67)60(4)21-9-14-46(61)54-3)59-47(62)19-22-68-24-26-70-28-30-72-32-33-73-31-29-71-27-25-69-23-20-55-48(63)34-57-52(66)74-37-45-43-12-7-5-10-41(43)42-11-6-8-13-44(42)45/h5-8,10-13,15-18,38,45,50H,9,14,19-37H2,1-4H3,(H,54,61)(H,55,63)(H,56,65)(H,57,66)(H,58,64)(H,59,62). The van der Waals surface area contributed by atoms with Gasteiger partial charge in [0, 0.05) is 51.6 Å². The summed E-state index contributed by atoms with van der Waals surface area (Å²) in [5.41, 5.74) is 5.68. The van der Waals surface area contributed by atoms with Gasteiger partial charge in [-0.05, 0) is 52.3 Å². The van der Waals surface area contributed by atoms with Gasteiger partial charge in [-0.15, -0.1) is 0 Å². The molecule has 1 aliphatic rings. The van der Waals surface area contributed by atoms with E-state index < -0.39 is 30.0 Å². The van der Waals surface area contributed by atoms with Crippen LogP contribution in [0.2, 0.25) is 0 Å². The molecular weight excluding hydrogens is 975 g/mol. The van der Waals surface area contributed by atoms with Gasteiger partial charge in [-0.3, -0.25) is 24.0 Å². The fourth-order valence-electron chi connectivity index (χ4n) is 7.39. The SMILES string of the molecule is CNC(=O)CCCN(C)C(=O)OCc1ccc(NC(=O)CNC(=O)C(NC(=O)CCOCCOCCOCCOCCOCCOCCNC(=O)CNC(=O)OCC2c3ccccc3-c3ccccc32)C(C)C)cc1. The number of hydrogen-bond acceptors (Lipinski definition) is 15. The molecule has 22 heteroatoms. The third kappa shape index (κ3) is 24.0. The monoisotopic (exact) mass is 1050 g/mol. The van der Waals surface area contributed by atoms with Crippen molar-refractivity contribution in [3.8, 4) is 11.1 Å². The molecule has 1 unspecified atom stereocenters. The topological polar surface area (TPSA) is 269 Å². The number of anilines is 1. The molecule has 0 fully saturated rings. The number of fused-ring (bicyclic) bond motifs is 3. The Bertz CT molecular complexity index is 2190. The molecule has 0 saturated heterocycles. The maximum absolute atomic E-state index is 12.9. The van der Waals surface area contributed by atoms with Gasteiger partial charge in [0.25, 0.3) is 0 Å². The van der Waals surface area contributed by atoms with Crippen LogP contribution in [0.4, 0.5) is 15.3 Å². The van der Waals surface area contributed by atoms with Crippen LogP contribution in [0.5, 0.6) is 0 Å². The number of rotatable bonds is 37.